The summed E-state index contributed by atoms with van der Waals surface area (Å²) in [6.07, 6.45) is 2.20. The maximum absolute atomic E-state index is 13.7. The molecular weight excluding hydrogens is 285 g/mol. The van der Waals surface area contributed by atoms with Crippen LogP contribution in [0.15, 0.2) is 18.0 Å². The number of rotatable bonds is 7. The van der Waals surface area contributed by atoms with E-state index in [2.05, 4.69) is 4.74 Å². The molecule has 0 aliphatic heterocycles. The van der Waals surface area contributed by atoms with Gasteiger partial charge in [0.25, 0.3) is 0 Å². The van der Waals surface area contributed by atoms with Crippen LogP contribution in [-0.2, 0) is 9.53 Å². The van der Waals surface area contributed by atoms with Crippen molar-refractivity contribution in [1.82, 2.24) is 0 Å². The fourth-order valence-electron chi connectivity index (χ4n) is 1.52. The Labute approximate surface area is 121 Å². The Morgan fingerprint density at radius 3 is 2.38 bits per heavy atom. The van der Waals surface area contributed by atoms with Gasteiger partial charge < -0.3 is 9.47 Å². The maximum atomic E-state index is 13.7. The average molecular weight is 302 g/mol. The van der Waals surface area contributed by atoms with Crippen LogP contribution >= 0.6 is 0 Å². The monoisotopic (exact) mass is 302 g/mol. The average Bonchev–Trinajstić information content (AvgIpc) is 2.42. The molecule has 0 amide bonds. The molecule has 0 fully saturated rings. The van der Waals surface area contributed by atoms with E-state index in [1.165, 1.54) is 6.92 Å². The number of benzene rings is 1. The summed E-state index contributed by atoms with van der Waals surface area (Å²) in [5, 5.41) is 0. The Morgan fingerprint density at radius 1 is 1.24 bits per heavy atom. The molecule has 6 heteroatoms. The van der Waals surface area contributed by atoms with Crippen molar-refractivity contribution in [2.45, 2.75) is 26.7 Å². The van der Waals surface area contributed by atoms with Crippen molar-refractivity contribution in [2.24, 2.45) is 0 Å². The van der Waals surface area contributed by atoms with Crippen molar-refractivity contribution in [1.29, 1.82) is 0 Å². The molecule has 0 aliphatic rings. The highest BCUT2D eigenvalue weighted by Crippen LogP contribution is 2.25. The van der Waals surface area contributed by atoms with Crippen molar-refractivity contribution < 1.29 is 27.4 Å². The van der Waals surface area contributed by atoms with Gasteiger partial charge >= 0.3 is 5.97 Å². The summed E-state index contributed by atoms with van der Waals surface area (Å²) in [5.74, 6) is -4.81. The van der Waals surface area contributed by atoms with Crippen LogP contribution in [0.3, 0.4) is 0 Å². The van der Waals surface area contributed by atoms with Crippen LogP contribution in [0.2, 0.25) is 0 Å². The number of esters is 1. The van der Waals surface area contributed by atoms with Gasteiger partial charge in [0.15, 0.2) is 17.4 Å². The minimum absolute atomic E-state index is 0.00697. The number of hydrogen-bond acceptors (Lipinski definition) is 3. The van der Waals surface area contributed by atoms with Gasteiger partial charge in [-0.15, -0.1) is 0 Å². The van der Waals surface area contributed by atoms with Gasteiger partial charge in [0.2, 0.25) is 5.83 Å². The van der Waals surface area contributed by atoms with Crippen molar-refractivity contribution in [3.05, 3.63) is 35.2 Å². The molecule has 0 heterocycles. The van der Waals surface area contributed by atoms with Gasteiger partial charge in [-0.3, -0.25) is 0 Å². The molecular formula is C15H17F3O3. The maximum Gasteiger partial charge on any atom is 0.367 e. The summed E-state index contributed by atoms with van der Waals surface area (Å²) in [7, 11) is 0. The lowest BCUT2D eigenvalue weighted by atomic mass is 10.2. The van der Waals surface area contributed by atoms with Gasteiger partial charge in [-0.25, -0.2) is 13.6 Å². The molecule has 1 rings (SSSR count). The Bertz CT molecular complexity index is 504. The third kappa shape index (κ3) is 5.13. The van der Waals surface area contributed by atoms with Gasteiger partial charge in [-0.05, 0) is 37.1 Å². The van der Waals surface area contributed by atoms with Gasteiger partial charge in [0, 0.05) is 0 Å². The quantitative estimate of drug-likeness (QED) is 0.433. The third-order valence-corrected chi connectivity index (χ3v) is 2.53. The van der Waals surface area contributed by atoms with Crippen LogP contribution in [0.1, 0.15) is 32.3 Å². The number of hydrogen-bond donors (Lipinski definition) is 0. The van der Waals surface area contributed by atoms with E-state index in [9.17, 15) is 18.0 Å². The Morgan fingerprint density at radius 2 is 1.86 bits per heavy atom. The molecule has 21 heavy (non-hydrogen) atoms. The predicted octanol–water partition coefficient (Wildman–Crippen LogP) is 4.02. The van der Waals surface area contributed by atoms with Crippen LogP contribution in [0.5, 0.6) is 5.75 Å². The zero-order chi connectivity index (χ0) is 15.8. The summed E-state index contributed by atoms with van der Waals surface area (Å²) in [5.41, 5.74) is -0.126. The topological polar surface area (TPSA) is 35.5 Å². The lowest BCUT2D eigenvalue weighted by Gasteiger charge is -2.08. The second-order valence-corrected chi connectivity index (χ2v) is 4.23. The predicted molar refractivity (Wildman–Crippen MR) is 72.5 cm³/mol. The van der Waals surface area contributed by atoms with Gasteiger partial charge in [-0.1, -0.05) is 13.3 Å². The third-order valence-electron chi connectivity index (χ3n) is 2.53. The Kier molecular flexibility index (Phi) is 6.78. The molecule has 0 unspecified atom stereocenters. The molecule has 0 spiro atoms. The highest BCUT2D eigenvalue weighted by Gasteiger charge is 2.14. The van der Waals surface area contributed by atoms with Gasteiger partial charge in [0.1, 0.15) is 0 Å². The van der Waals surface area contributed by atoms with Crippen molar-refractivity contribution in [3.8, 4) is 5.75 Å². The van der Waals surface area contributed by atoms with E-state index in [-0.39, 0.29) is 18.8 Å². The van der Waals surface area contributed by atoms with Crippen LogP contribution in [0.4, 0.5) is 13.2 Å². The fraction of sp³-hybridized carbons (Fsp3) is 0.400. The lowest BCUT2D eigenvalue weighted by molar-refractivity contribution is -0.140. The molecule has 0 saturated heterocycles. The molecule has 0 atom stereocenters. The Hall–Kier alpha value is -1.98. The summed E-state index contributed by atoms with van der Waals surface area (Å²) in [6.45, 7) is 3.64. The summed E-state index contributed by atoms with van der Waals surface area (Å²) >= 11 is 0. The molecule has 1 aromatic rings. The van der Waals surface area contributed by atoms with E-state index in [4.69, 9.17) is 4.74 Å². The van der Waals surface area contributed by atoms with E-state index in [1.54, 1.807) is 0 Å². The molecule has 0 aliphatic carbocycles. The normalized spacial score (nSPS) is 11.4. The van der Waals surface area contributed by atoms with E-state index in [0.717, 1.165) is 18.6 Å². The first-order valence-electron chi connectivity index (χ1n) is 6.65. The van der Waals surface area contributed by atoms with Crippen molar-refractivity contribution in [3.63, 3.8) is 0 Å². The molecule has 3 nitrogen and oxygen atoms in total. The fourth-order valence-corrected chi connectivity index (χ4v) is 1.52. The van der Waals surface area contributed by atoms with Gasteiger partial charge in [0.05, 0.1) is 13.2 Å². The van der Waals surface area contributed by atoms with Crippen LogP contribution in [0.25, 0.3) is 6.08 Å². The molecule has 0 radical (unpaired) electrons. The molecule has 0 bridgehead atoms. The number of ether oxygens (including phenoxy) is 2. The minimum atomic E-state index is -1.23. The largest absolute Gasteiger partial charge is 0.488 e. The van der Waals surface area contributed by atoms with E-state index < -0.39 is 29.2 Å². The number of unbranched alkanes of at least 4 members (excludes halogenated alkanes) is 1. The highest BCUT2D eigenvalue weighted by molar-refractivity contribution is 5.91. The minimum Gasteiger partial charge on any atom is -0.488 e. The SMILES string of the molecule is CCCCOc1c(F)cc(/C=C(\F)C(=O)OCC)cc1F. The zero-order valence-corrected chi connectivity index (χ0v) is 11.9. The number of carbonyl (C=O) groups is 1. The van der Waals surface area contributed by atoms with Gasteiger partial charge in [-0.2, -0.15) is 4.39 Å². The molecule has 116 valence electrons. The van der Waals surface area contributed by atoms with Crippen LogP contribution < -0.4 is 4.74 Å². The lowest BCUT2D eigenvalue weighted by Crippen LogP contribution is -2.04. The molecule has 0 N–H and O–H groups in total. The summed E-state index contributed by atoms with van der Waals surface area (Å²) in [6, 6.07) is 1.78. The first-order chi connectivity index (χ1) is 9.99. The number of carbonyl (C=O) groups excluding carboxylic acids is 1. The Balaban J connectivity index is 2.92. The first-order valence-corrected chi connectivity index (χ1v) is 6.65. The van der Waals surface area contributed by atoms with Crippen molar-refractivity contribution >= 4 is 12.0 Å². The van der Waals surface area contributed by atoms with Crippen molar-refractivity contribution in [2.75, 3.05) is 13.2 Å². The molecule has 0 aromatic heterocycles. The first kappa shape index (κ1) is 17.1. The summed E-state index contributed by atoms with van der Waals surface area (Å²) < 4.78 is 50.2. The second kappa shape index (κ2) is 8.34. The zero-order valence-electron chi connectivity index (χ0n) is 11.9. The molecule has 0 saturated carbocycles. The second-order valence-electron chi connectivity index (χ2n) is 4.23. The molecule has 1 aromatic carbocycles. The van der Waals surface area contributed by atoms with E-state index in [0.29, 0.717) is 12.5 Å². The smallest absolute Gasteiger partial charge is 0.367 e. The van der Waals surface area contributed by atoms with Crippen LogP contribution in [0, 0.1) is 11.6 Å². The highest BCUT2D eigenvalue weighted by atomic mass is 19.1. The standard InChI is InChI=1S/C15H17F3O3/c1-3-5-6-21-14-11(16)7-10(8-12(14)17)9-13(18)15(19)20-4-2/h7-9H,3-6H2,1-2H3/b13-9-. The van der Waals surface area contributed by atoms with Crippen LogP contribution in [-0.4, -0.2) is 19.2 Å². The summed E-state index contributed by atoms with van der Waals surface area (Å²) in [4.78, 5) is 11.1. The van der Waals surface area contributed by atoms with E-state index >= 15 is 0 Å². The van der Waals surface area contributed by atoms with E-state index in [1.807, 2.05) is 6.92 Å². The number of halogens is 3.